The van der Waals surface area contributed by atoms with Crippen molar-refractivity contribution in [3.05, 3.63) is 59.2 Å². The van der Waals surface area contributed by atoms with Gasteiger partial charge in [-0.25, -0.2) is 0 Å². The van der Waals surface area contributed by atoms with Crippen molar-refractivity contribution in [2.75, 3.05) is 32.8 Å². The molecule has 0 aliphatic rings. The Bertz CT molecular complexity index is 845. The van der Waals surface area contributed by atoms with Gasteiger partial charge in [-0.15, -0.1) is 0 Å². The van der Waals surface area contributed by atoms with Crippen LogP contribution in [0, 0.1) is 6.92 Å². The number of hydrogen-bond acceptors (Lipinski definition) is 6. The van der Waals surface area contributed by atoms with E-state index < -0.39 is 0 Å². The number of carbonyl (C=O) groups excluding carboxylic acids is 1. The minimum atomic E-state index is 0.0383. The van der Waals surface area contributed by atoms with E-state index in [9.17, 15) is 4.79 Å². The highest BCUT2D eigenvalue weighted by Crippen LogP contribution is 2.19. The second-order valence-electron chi connectivity index (χ2n) is 8.56. The maximum atomic E-state index is 12.2. The molecule has 2 aromatic rings. The Morgan fingerprint density at radius 3 is 2.50 bits per heavy atom. The van der Waals surface area contributed by atoms with Gasteiger partial charge in [0.2, 0.25) is 5.91 Å². The summed E-state index contributed by atoms with van der Waals surface area (Å²) in [7, 11) is 0. The molecule has 0 aliphatic heterocycles. The summed E-state index contributed by atoms with van der Waals surface area (Å²) in [6.07, 6.45) is 7.49. The molecule has 1 unspecified atom stereocenters. The van der Waals surface area contributed by atoms with Crippen LogP contribution in [0.15, 0.2) is 36.7 Å². The molecule has 0 saturated carbocycles. The lowest BCUT2D eigenvalue weighted by Crippen LogP contribution is -2.40. The third-order valence-electron chi connectivity index (χ3n) is 6.11. The zero-order valence-corrected chi connectivity index (χ0v) is 21.5. The molecular formula is C27H43N5O2. The molecule has 7 nitrogen and oxygen atoms in total. The molecule has 2 heterocycles. The minimum Gasteiger partial charge on any atom is -0.382 e. The quantitative estimate of drug-likeness (QED) is 0.344. The summed E-state index contributed by atoms with van der Waals surface area (Å²) in [6.45, 7) is 13.3. The molecule has 0 radical (unpaired) electrons. The Kier molecular flexibility index (Phi) is 13.4. The van der Waals surface area contributed by atoms with E-state index in [1.54, 1.807) is 0 Å². The predicted molar refractivity (Wildman–Crippen MR) is 138 cm³/mol. The molecule has 0 saturated heterocycles. The van der Waals surface area contributed by atoms with E-state index in [0.717, 1.165) is 69.9 Å². The van der Waals surface area contributed by atoms with Crippen LogP contribution in [0.25, 0.3) is 0 Å². The lowest BCUT2D eigenvalue weighted by Gasteiger charge is -2.31. The van der Waals surface area contributed by atoms with Gasteiger partial charge in [0.25, 0.3) is 0 Å². The number of nitrogens with zero attached hydrogens (tertiary/aromatic N) is 3. The molecule has 0 fully saturated rings. The molecule has 0 aromatic carbocycles. The van der Waals surface area contributed by atoms with Crippen LogP contribution in [-0.2, 0) is 29.0 Å². The number of nitrogens with one attached hydrogen (secondary N) is 2. The first-order valence-electron chi connectivity index (χ1n) is 12.7. The molecule has 188 valence electrons. The first-order valence-corrected chi connectivity index (χ1v) is 12.7. The highest BCUT2D eigenvalue weighted by molar-refractivity contribution is 5.77. The average molecular weight is 470 g/mol. The summed E-state index contributed by atoms with van der Waals surface area (Å²) in [4.78, 5) is 24.0. The zero-order chi connectivity index (χ0) is 24.6. The smallest absolute Gasteiger partial charge is 0.233 e. The lowest BCUT2D eigenvalue weighted by molar-refractivity contribution is -0.120. The Morgan fingerprint density at radius 2 is 1.79 bits per heavy atom. The predicted octanol–water partition coefficient (Wildman–Crippen LogP) is 3.65. The second-order valence-corrected chi connectivity index (χ2v) is 8.56. The molecule has 7 heteroatoms. The highest BCUT2D eigenvalue weighted by Gasteiger charge is 2.20. The standard InChI is InChI=1S/C27H43N5O2/c1-5-23-12-9-16-30-26(23)21-32(20-25-22(4)11-8-15-29-25)24(6-2)13-17-31-27(33)19-28-14-10-18-34-7-3/h8-9,11-12,15-16,24,28H,5-7,10,13-14,17-21H2,1-4H3,(H,31,33). The van der Waals surface area contributed by atoms with Crippen molar-refractivity contribution in [3.63, 3.8) is 0 Å². The molecule has 1 atom stereocenters. The number of aryl methyl sites for hydroxylation is 2. The summed E-state index contributed by atoms with van der Waals surface area (Å²) < 4.78 is 5.32. The molecule has 0 bridgehead atoms. The number of pyridine rings is 2. The molecule has 2 N–H and O–H groups in total. The Hall–Kier alpha value is -2.35. The van der Waals surface area contributed by atoms with Crippen molar-refractivity contribution in [2.45, 2.75) is 72.5 Å². The summed E-state index contributed by atoms with van der Waals surface area (Å²) in [6, 6.07) is 8.57. The van der Waals surface area contributed by atoms with Crippen molar-refractivity contribution >= 4 is 5.91 Å². The first-order chi connectivity index (χ1) is 16.6. The summed E-state index contributed by atoms with van der Waals surface area (Å²) in [5.41, 5.74) is 4.69. The van der Waals surface area contributed by atoms with Gasteiger partial charge < -0.3 is 15.4 Å². The van der Waals surface area contributed by atoms with Gasteiger partial charge >= 0.3 is 0 Å². The lowest BCUT2D eigenvalue weighted by atomic mass is 10.1. The largest absolute Gasteiger partial charge is 0.382 e. The van der Waals surface area contributed by atoms with E-state index >= 15 is 0 Å². The average Bonchev–Trinajstić information content (AvgIpc) is 2.85. The van der Waals surface area contributed by atoms with E-state index in [1.165, 1.54) is 11.1 Å². The molecular weight excluding hydrogens is 426 g/mol. The van der Waals surface area contributed by atoms with Crippen molar-refractivity contribution in [1.82, 2.24) is 25.5 Å². The fourth-order valence-corrected chi connectivity index (χ4v) is 4.05. The van der Waals surface area contributed by atoms with Crippen LogP contribution in [0.5, 0.6) is 0 Å². The number of aromatic nitrogens is 2. The minimum absolute atomic E-state index is 0.0383. The molecule has 2 aromatic heterocycles. The van der Waals surface area contributed by atoms with Gasteiger partial charge in [-0.1, -0.05) is 26.0 Å². The van der Waals surface area contributed by atoms with E-state index in [-0.39, 0.29) is 5.91 Å². The van der Waals surface area contributed by atoms with Crippen molar-refractivity contribution in [2.24, 2.45) is 0 Å². The normalized spacial score (nSPS) is 12.1. The second kappa shape index (κ2) is 16.3. The van der Waals surface area contributed by atoms with Crippen LogP contribution in [0.4, 0.5) is 0 Å². The number of ether oxygens (including phenoxy) is 1. The van der Waals surface area contributed by atoms with E-state index in [0.29, 0.717) is 19.1 Å². The van der Waals surface area contributed by atoms with Crippen LogP contribution < -0.4 is 10.6 Å². The molecule has 34 heavy (non-hydrogen) atoms. The van der Waals surface area contributed by atoms with Crippen molar-refractivity contribution in [1.29, 1.82) is 0 Å². The van der Waals surface area contributed by atoms with E-state index in [2.05, 4.69) is 58.4 Å². The maximum absolute atomic E-state index is 12.2. The Balaban J connectivity index is 1.96. The van der Waals surface area contributed by atoms with Crippen LogP contribution in [0.1, 0.15) is 62.5 Å². The van der Waals surface area contributed by atoms with Gasteiger partial charge in [-0.05, 0) is 69.3 Å². The topological polar surface area (TPSA) is 79.4 Å². The van der Waals surface area contributed by atoms with Crippen LogP contribution in [0.2, 0.25) is 0 Å². The van der Waals surface area contributed by atoms with Gasteiger partial charge in [-0.2, -0.15) is 0 Å². The fraction of sp³-hybridized carbons (Fsp3) is 0.593. The monoisotopic (exact) mass is 469 g/mol. The molecule has 1 amide bonds. The Labute approximate surface area is 205 Å². The zero-order valence-electron chi connectivity index (χ0n) is 21.5. The first kappa shape index (κ1) is 27.9. The van der Waals surface area contributed by atoms with Crippen LogP contribution in [0.3, 0.4) is 0 Å². The van der Waals surface area contributed by atoms with Gasteiger partial charge in [0.1, 0.15) is 0 Å². The maximum Gasteiger partial charge on any atom is 0.233 e. The van der Waals surface area contributed by atoms with E-state index in [1.807, 2.05) is 31.5 Å². The molecule has 0 aliphatic carbocycles. The molecule has 2 rings (SSSR count). The van der Waals surface area contributed by atoms with Gasteiger partial charge in [0.05, 0.1) is 17.9 Å². The Morgan fingerprint density at radius 1 is 1.06 bits per heavy atom. The van der Waals surface area contributed by atoms with Gasteiger partial charge in [-0.3, -0.25) is 19.7 Å². The third-order valence-corrected chi connectivity index (χ3v) is 6.11. The van der Waals surface area contributed by atoms with E-state index in [4.69, 9.17) is 4.74 Å². The number of carbonyl (C=O) groups is 1. The number of amides is 1. The summed E-state index contributed by atoms with van der Waals surface area (Å²) in [5.74, 6) is 0.0383. The number of hydrogen-bond donors (Lipinski definition) is 2. The number of rotatable bonds is 17. The molecule has 0 spiro atoms. The summed E-state index contributed by atoms with van der Waals surface area (Å²) >= 11 is 0. The SMILES string of the molecule is CCOCCCNCC(=O)NCCC(CC)N(Cc1ncccc1C)Cc1ncccc1CC. The highest BCUT2D eigenvalue weighted by atomic mass is 16.5. The van der Waals surface area contributed by atoms with Crippen LogP contribution in [-0.4, -0.2) is 59.7 Å². The van der Waals surface area contributed by atoms with Gasteiger partial charge in [0.15, 0.2) is 0 Å². The summed E-state index contributed by atoms with van der Waals surface area (Å²) in [5, 5.41) is 6.26. The van der Waals surface area contributed by atoms with Crippen LogP contribution >= 0.6 is 0 Å². The van der Waals surface area contributed by atoms with Gasteiger partial charge in [0, 0.05) is 51.3 Å². The third kappa shape index (κ3) is 9.87. The van der Waals surface area contributed by atoms with Crippen molar-refractivity contribution in [3.8, 4) is 0 Å². The fourth-order valence-electron chi connectivity index (χ4n) is 4.05. The van der Waals surface area contributed by atoms with Crippen molar-refractivity contribution < 1.29 is 9.53 Å².